The summed E-state index contributed by atoms with van der Waals surface area (Å²) in [7, 11) is -3.69. The van der Waals surface area contributed by atoms with Crippen molar-refractivity contribution in [2.24, 2.45) is 11.8 Å². The van der Waals surface area contributed by atoms with E-state index in [-0.39, 0.29) is 46.7 Å². The molecule has 2 aromatic rings. The molecule has 0 unspecified atom stereocenters. The highest BCUT2D eigenvalue weighted by Gasteiger charge is 2.64. The van der Waals surface area contributed by atoms with Gasteiger partial charge in [-0.1, -0.05) is 5.16 Å². The van der Waals surface area contributed by atoms with E-state index in [9.17, 15) is 13.2 Å². The Hall–Kier alpha value is -2.70. The van der Waals surface area contributed by atoms with Crippen LogP contribution in [0.15, 0.2) is 38.4 Å². The van der Waals surface area contributed by atoms with E-state index in [1.807, 2.05) is 0 Å². The van der Waals surface area contributed by atoms with Gasteiger partial charge in [-0.05, 0) is 31.9 Å². The second-order valence-corrected chi connectivity index (χ2v) is 9.77. The van der Waals surface area contributed by atoms with E-state index < -0.39 is 15.6 Å². The molecule has 3 saturated heterocycles. The highest BCUT2D eigenvalue weighted by Crippen LogP contribution is 2.55. The lowest BCUT2D eigenvalue weighted by Gasteiger charge is -2.29. The molecular formula is C19H23N3O8S. The van der Waals surface area contributed by atoms with Gasteiger partial charge in [-0.25, -0.2) is 8.42 Å². The molecule has 168 valence electrons. The third-order valence-electron chi connectivity index (χ3n) is 6.32. The molecule has 1 spiro atoms. The number of carboxylic acid groups (broad SMARTS) is 1. The average Bonchev–Trinajstić information content (AvgIpc) is 3.53. The van der Waals surface area contributed by atoms with Gasteiger partial charge in [0.15, 0.2) is 11.5 Å². The number of furan rings is 1. The van der Waals surface area contributed by atoms with Crippen molar-refractivity contribution in [2.75, 3.05) is 19.6 Å². The standard InChI is InChI=1S/C18H21N3O6S.CH2O2/c1-11-16(8-20-27-11)28(23,24)21-9-13-12(14-4-5-18(13,10-21)26-14)7-19-17(22)15-3-2-6-25-15;2-1-3/h2-3,6,8,12-14H,4-5,7,9-10H2,1H3,(H,19,22);1H,(H,2,3)/t12-,13+,14+,18+;/m0./s1. The number of sulfonamides is 1. The van der Waals surface area contributed by atoms with Crippen molar-refractivity contribution in [3.63, 3.8) is 0 Å². The molecule has 5 heterocycles. The van der Waals surface area contributed by atoms with Gasteiger partial charge in [0.2, 0.25) is 10.0 Å². The first-order valence-electron chi connectivity index (χ1n) is 9.81. The number of ether oxygens (including phenoxy) is 1. The van der Waals surface area contributed by atoms with Gasteiger partial charge in [0.25, 0.3) is 12.4 Å². The fraction of sp³-hybridized carbons (Fsp3) is 0.526. The third kappa shape index (κ3) is 3.64. The number of carbonyl (C=O) groups excluding carboxylic acids is 1. The molecule has 5 rings (SSSR count). The van der Waals surface area contributed by atoms with E-state index in [4.69, 9.17) is 23.6 Å². The zero-order valence-electron chi connectivity index (χ0n) is 16.8. The van der Waals surface area contributed by atoms with Crippen LogP contribution in [-0.4, -0.2) is 66.7 Å². The molecule has 0 saturated carbocycles. The molecule has 2 aromatic heterocycles. The topological polar surface area (TPSA) is 152 Å². The van der Waals surface area contributed by atoms with E-state index in [2.05, 4.69) is 10.5 Å². The van der Waals surface area contributed by atoms with Crippen LogP contribution in [0.3, 0.4) is 0 Å². The molecule has 4 atom stereocenters. The van der Waals surface area contributed by atoms with Crippen LogP contribution in [-0.2, 0) is 19.6 Å². The molecule has 1 amide bonds. The molecule has 2 bridgehead atoms. The van der Waals surface area contributed by atoms with Crippen molar-refractivity contribution in [1.29, 1.82) is 0 Å². The summed E-state index contributed by atoms with van der Waals surface area (Å²) in [5.74, 6) is 0.373. The van der Waals surface area contributed by atoms with Crippen LogP contribution in [0.2, 0.25) is 0 Å². The van der Waals surface area contributed by atoms with Crippen molar-refractivity contribution in [1.82, 2.24) is 14.8 Å². The number of carbonyl (C=O) groups is 2. The van der Waals surface area contributed by atoms with Crippen molar-refractivity contribution < 1.29 is 36.8 Å². The summed E-state index contributed by atoms with van der Waals surface area (Å²) in [5.41, 5.74) is -0.469. The third-order valence-corrected chi connectivity index (χ3v) is 8.23. The fourth-order valence-corrected chi connectivity index (χ4v) is 6.59. The number of amides is 1. The Morgan fingerprint density at radius 3 is 2.90 bits per heavy atom. The van der Waals surface area contributed by atoms with E-state index in [0.29, 0.717) is 19.6 Å². The molecule has 3 aliphatic rings. The predicted molar refractivity (Wildman–Crippen MR) is 104 cm³/mol. The van der Waals surface area contributed by atoms with Crippen molar-refractivity contribution in [3.8, 4) is 0 Å². The Morgan fingerprint density at radius 1 is 1.48 bits per heavy atom. The zero-order valence-corrected chi connectivity index (χ0v) is 17.6. The highest BCUT2D eigenvalue weighted by atomic mass is 32.2. The number of rotatable bonds is 5. The first-order valence-corrected chi connectivity index (χ1v) is 11.2. The Kier molecular flexibility index (Phi) is 5.62. The van der Waals surface area contributed by atoms with Gasteiger partial charge in [0, 0.05) is 31.5 Å². The molecule has 0 aliphatic carbocycles. The van der Waals surface area contributed by atoms with E-state index in [1.54, 1.807) is 19.1 Å². The van der Waals surface area contributed by atoms with E-state index >= 15 is 0 Å². The molecule has 3 aliphatic heterocycles. The molecular weight excluding hydrogens is 430 g/mol. The summed E-state index contributed by atoms with van der Waals surface area (Å²) >= 11 is 0. The Balaban J connectivity index is 0.000000730. The van der Waals surface area contributed by atoms with Crippen molar-refractivity contribution in [3.05, 3.63) is 36.1 Å². The number of aromatic nitrogens is 1. The van der Waals surface area contributed by atoms with Crippen LogP contribution < -0.4 is 5.32 Å². The summed E-state index contributed by atoms with van der Waals surface area (Å²) in [6, 6.07) is 3.27. The number of aryl methyl sites for hydroxylation is 1. The summed E-state index contributed by atoms with van der Waals surface area (Å²) < 4.78 is 43.9. The van der Waals surface area contributed by atoms with Crippen LogP contribution in [0.1, 0.15) is 29.2 Å². The quantitative estimate of drug-likeness (QED) is 0.628. The minimum atomic E-state index is -3.69. The molecule has 2 N–H and O–H groups in total. The Labute approximate surface area is 178 Å². The number of nitrogens with one attached hydrogen (secondary N) is 1. The molecule has 12 heteroatoms. The summed E-state index contributed by atoms with van der Waals surface area (Å²) in [6.45, 7) is 2.45. The number of hydrogen-bond acceptors (Lipinski definition) is 8. The lowest BCUT2D eigenvalue weighted by Crippen LogP contribution is -2.41. The van der Waals surface area contributed by atoms with Crippen LogP contribution in [0.4, 0.5) is 0 Å². The molecule has 31 heavy (non-hydrogen) atoms. The van der Waals surface area contributed by atoms with Gasteiger partial charge in [0.1, 0.15) is 4.90 Å². The van der Waals surface area contributed by atoms with Crippen LogP contribution in [0.5, 0.6) is 0 Å². The molecule has 11 nitrogen and oxygen atoms in total. The highest BCUT2D eigenvalue weighted by molar-refractivity contribution is 7.89. The second kappa shape index (κ2) is 8.09. The Morgan fingerprint density at radius 2 is 2.26 bits per heavy atom. The van der Waals surface area contributed by atoms with Crippen LogP contribution in [0.25, 0.3) is 0 Å². The van der Waals surface area contributed by atoms with Crippen molar-refractivity contribution in [2.45, 2.75) is 36.4 Å². The van der Waals surface area contributed by atoms with Crippen LogP contribution in [0, 0.1) is 18.8 Å². The fourth-order valence-electron chi connectivity index (χ4n) is 4.99. The van der Waals surface area contributed by atoms with Gasteiger partial charge in [-0.3, -0.25) is 9.59 Å². The first-order chi connectivity index (χ1) is 14.8. The van der Waals surface area contributed by atoms with Crippen molar-refractivity contribution >= 4 is 22.4 Å². The number of fused-ring (bicyclic) bond motifs is 1. The summed E-state index contributed by atoms with van der Waals surface area (Å²) in [6.07, 6.45) is 4.45. The van der Waals surface area contributed by atoms with Gasteiger partial charge in [-0.15, -0.1) is 0 Å². The minimum Gasteiger partial charge on any atom is -0.483 e. The van der Waals surface area contributed by atoms with Gasteiger partial charge >= 0.3 is 0 Å². The zero-order chi connectivity index (χ0) is 22.2. The van der Waals surface area contributed by atoms with Crippen LogP contribution >= 0.6 is 0 Å². The van der Waals surface area contributed by atoms with E-state index in [0.717, 1.165) is 12.8 Å². The Bertz CT molecular complexity index is 1050. The molecule has 0 aromatic carbocycles. The molecule has 0 radical (unpaired) electrons. The minimum absolute atomic E-state index is 0.0399. The monoisotopic (exact) mass is 453 g/mol. The van der Waals surface area contributed by atoms with E-state index in [1.165, 1.54) is 16.8 Å². The van der Waals surface area contributed by atoms with Gasteiger partial charge < -0.3 is 24.1 Å². The summed E-state index contributed by atoms with van der Waals surface area (Å²) in [4.78, 5) is 20.7. The second-order valence-electron chi connectivity index (χ2n) is 7.87. The lowest BCUT2D eigenvalue weighted by atomic mass is 9.73. The maximum absolute atomic E-state index is 13.0. The smallest absolute Gasteiger partial charge is 0.290 e. The normalized spacial score (nSPS) is 29.3. The maximum atomic E-state index is 13.0. The first kappa shape index (κ1) is 21.5. The van der Waals surface area contributed by atoms with Gasteiger partial charge in [-0.2, -0.15) is 4.31 Å². The number of hydrogen-bond donors (Lipinski definition) is 2. The maximum Gasteiger partial charge on any atom is 0.290 e. The van der Waals surface area contributed by atoms with Gasteiger partial charge in [0.05, 0.1) is 24.2 Å². The summed E-state index contributed by atoms with van der Waals surface area (Å²) in [5, 5.41) is 13.4. The largest absolute Gasteiger partial charge is 0.483 e. The molecule has 3 fully saturated rings. The average molecular weight is 453 g/mol. The lowest BCUT2D eigenvalue weighted by molar-refractivity contribution is -0.122. The SMILES string of the molecule is Cc1oncc1S(=O)(=O)N1C[C@@H]2[C@H](CNC(=O)c3ccco3)[C@H]3CC[C@]2(C1)O3.O=CO. The predicted octanol–water partition coefficient (Wildman–Crippen LogP) is 0.875. The number of nitrogens with zero attached hydrogens (tertiary/aromatic N) is 2.